The molecule has 1 aliphatic carbocycles. The minimum absolute atomic E-state index is 0.0984. The van der Waals surface area contributed by atoms with Crippen LogP contribution in [0.5, 0.6) is 0 Å². The molecular weight excluding hydrogens is 311 g/mol. The summed E-state index contributed by atoms with van der Waals surface area (Å²) in [6, 6.07) is 4.45. The third-order valence-corrected chi connectivity index (χ3v) is 4.37. The Morgan fingerprint density at radius 2 is 2.00 bits per heavy atom. The molecule has 128 valence electrons. The van der Waals surface area contributed by atoms with E-state index in [1.54, 1.807) is 17.0 Å². The molecule has 1 saturated carbocycles. The fourth-order valence-electron chi connectivity index (χ4n) is 3.43. The van der Waals surface area contributed by atoms with Crippen molar-refractivity contribution in [3.8, 4) is 0 Å². The molecule has 8 heteroatoms. The van der Waals surface area contributed by atoms with Gasteiger partial charge in [-0.3, -0.25) is 9.69 Å². The second-order valence-electron chi connectivity index (χ2n) is 6.16. The first kappa shape index (κ1) is 16.2. The van der Waals surface area contributed by atoms with Gasteiger partial charge in [-0.1, -0.05) is 6.42 Å². The molecule has 0 unspecified atom stereocenters. The zero-order valence-electron chi connectivity index (χ0n) is 13.6. The second kappa shape index (κ2) is 6.10. The van der Waals surface area contributed by atoms with E-state index >= 15 is 0 Å². The van der Waals surface area contributed by atoms with Crippen molar-refractivity contribution >= 4 is 29.2 Å². The second-order valence-corrected chi connectivity index (χ2v) is 6.16. The Morgan fingerprint density at radius 1 is 1.29 bits per heavy atom. The normalized spacial score (nSPS) is 19.7. The number of hydrogen-bond acceptors (Lipinski definition) is 6. The molecule has 7 nitrogen and oxygen atoms in total. The molecule has 0 saturated heterocycles. The molecular formula is C16H21FN6O. The highest BCUT2D eigenvalue weighted by Gasteiger charge is 2.42. The van der Waals surface area contributed by atoms with Crippen molar-refractivity contribution in [2.24, 2.45) is 21.5 Å². The van der Waals surface area contributed by atoms with E-state index in [0.29, 0.717) is 5.69 Å². The van der Waals surface area contributed by atoms with Crippen LogP contribution in [0, 0.1) is 5.82 Å². The predicted molar refractivity (Wildman–Crippen MR) is 92.2 cm³/mol. The molecule has 1 amide bonds. The molecule has 1 aliphatic heterocycles. The van der Waals surface area contributed by atoms with E-state index in [0.717, 1.165) is 32.1 Å². The van der Waals surface area contributed by atoms with Gasteiger partial charge in [0.1, 0.15) is 11.5 Å². The minimum atomic E-state index is -0.598. The van der Waals surface area contributed by atoms with Gasteiger partial charge in [-0.2, -0.15) is 4.99 Å². The number of hydrogen-bond donors (Lipinski definition) is 3. The third-order valence-electron chi connectivity index (χ3n) is 4.37. The summed E-state index contributed by atoms with van der Waals surface area (Å²) in [6.07, 6.45) is 4.71. The minimum Gasteiger partial charge on any atom is -0.369 e. The fourth-order valence-corrected chi connectivity index (χ4v) is 3.43. The summed E-state index contributed by atoms with van der Waals surface area (Å²) in [5.74, 6) is -0.470. The first-order chi connectivity index (χ1) is 11.4. The Bertz CT molecular complexity index is 723. The van der Waals surface area contributed by atoms with Crippen LogP contribution in [0.4, 0.5) is 15.8 Å². The van der Waals surface area contributed by atoms with E-state index in [4.69, 9.17) is 11.5 Å². The Balaban J connectivity index is 2.05. The summed E-state index contributed by atoms with van der Waals surface area (Å²) >= 11 is 0. The molecule has 2 aliphatic rings. The number of guanidine groups is 2. The Morgan fingerprint density at radius 3 is 2.67 bits per heavy atom. The molecule has 1 aromatic carbocycles. The number of benzene rings is 1. The first-order valence-electron chi connectivity index (χ1n) is 7.98. The van der Waals surface area contributed by atoms with E-state index in [-0.39, 0.29) is 23.5 Å². The van der Waals surface area contributed by atoms with Crippen molar-refractivity contribution in [2.45, 2.75) is 44.7 Å². The van der Waals surface area contributed by atoms with Gasteiger partial charge in [0.2, 0.25) is 17.8 Å². The molecule has 0 aromatic heterocycles. The number of carbonyl (C=O) groups is 1. The summed E-state index contributed by atoms with van der Waals surface area (Å²) in [6.45, 7) is 1.33. The maximum atomic E-state index is 13.9. The lowest BCUT2D eigenvalue weighted by Gasteiger charge is -2.45. The van der Waals surface area contributed by atoms with Crippen LogP contribution in [0.15, 0.2) is 28.2 Å². The van der Waals surface area contributed by atoms with Gasteiger partial charge in [0, 0.05) is 12.6 Å². The van der Waals surface area contributed by atoms with Crippen molar-refractivity contribution in [1.29, 1.82) is 0 Å². The average molecular weight is 332 g/mol. The SMILES string of the molecule is CC(=O)Nc1cc(N2C(N)=NC(N)=NC23CCCCC3)ccc1F. The zero-order valence-corrected chi connectivity index (χ0v) is 13.6. The number of nitrogens with zero attached hydrogens (tertiary/aromatic N) is 3. The molecule has 1 aromatic rings. The number of aliphatic imine (C=N–C) groups is 2. The van der Waals surface area contributed by atoms with E-state index in [1.807, 2.05) is 0 Å². The summed E-state index contributed by atoms with van der Waals surface area (Å²) in [5, 5.41) is 2.49. The Labute approximate surface area is 139 Å². The number of anilines is 2. The van der Waals surface area contributed by atoms with Crippen molar-refractivity contribution in [1.82, 2.24) is 0 Å². The van der Waals surface area contributed by atoms with E-state index in [9.17, 15) is 9.18 Å². The number of halogens is 1. The van der Waals surface area contributed by atoms with Gasteiger partial charge >= 0.3 is 0 Å². The average Bonchev–Trinajstić information content (AvgIpc) is 2.50. The first-order valence-corrected chi connectivity index (χ1v) is 7.98. The van der Waals surface area contributed by atoms with Crippen LogP contribution < -0.4 is 21.7 Å². The quantitative estimate of drug-likeness (QED) is 0.768. The summed E-state index contributed by atoms with van der Waals surface area (Å²) in [5.41, 5.74) is 12.1. The smallest absolute Gasteiger partial charge is 0.221 e. The van der Waals surface area contributed by atoms with Crippen LogP contribution in [-0.2, 0) is 4.79 Å². The van der Waals surface area contributed by atoms with Gasteiger partial charge < -0.3 is 16.8 Å². The van der Waals surface area contributed by atoms with Gasteiger partial charge in [0.05, 0.1) is 5.69 Å². The van der Waals surface area contributed by atoms with Crippen LogP contribution in [0.25, 0.3) is 0 Å². The van der Waals surface area contributed by atoms with Crippen molar-refractivity contribution < 1.29 is 9.18 Å². The van der Waals surface area contributed by atoms with E-state index < -0.39 is 11.5 Å². The number of rotatable bonds is 2. The molecule has 24 heavy (non-hydrogen) atoms. The lowest BCUT2D eigenvalue weighted by atomic mass is 9.87. The van der Waals surface area contributed by atoms with Crippen LogP contribution in [0.3, 0.4) is 0 Å². The van der Waals surface area contributed by atoms with E-state index in [2.05, 4.69) is 15.3 Å². The van der Waals surface area contributed by atoms with Crippen LogP contribution in [0.2, 0.25) is 0 Å². The van der Waals surface area contributed by atoms with Gasteiger partial charge in [-0.15, -0.1) is 0 Å². The maximum absolute atomic E-state index is 13.9. The van der Waals surface area contributed by atoms with Gasteiger partial charge in [-0.25, -0.2) is 9.38 Å². The molecule has 0 radical (unpaired) electrons. The predicted octanol–water partition coefficient (Wildman–Crippen LogP) is 1.89. The molecule has 5 N–H and O–H groups in total. The highest BCUT2D eigenvalue weighted by molar-refractivity contribution is 6.06. The van der Waals surface area contributed by atoms with E-state index in [1.165, 1.54) is 13.0 Å². The number of carbonyl (C=O) groups excluding carboxylic acids is 1. The van der Waals surface area contributed by atoms with Gasteiger partial charge in [0.15, 0.2) is 0 Å². The van der Waals surface area contributed by atoms with Gasteiger partial charge in [-0.05, 0) is 43.9 Å². The zero-order chi connectivity index (χ0) is 17.3. The number of amides is 1. The topological polar surface area (TPSA) is 109 Å². The number of nitrogens with two attached hydrogens (primary N) is 2. The number of nitrogens with one attached hydrogen (secondary N) is 1. The standard InChI is InChI=1S/C16H21FN6O/c1-10(24)20-13-9-11(5-6-12(13)17)23-15(19)21-14(18)22-16(23)7-3-2-4-8-16/h5-6,9H,2-4,7-8H2,1H3,(H,20,24)(H4,18,19,21,22). The maximum Gasteiger partial charge on any atom is 0.221 e. The summed E-state index contributed by atoms with van der Waals surface area (Å²) in [4.78, 5) is 21.7. The highest BCUT2D eigenvalue weighted by atomic mass is 19.1. The monoisotopic (exact) mass is 332 g/mol. The lowest BCUT2D eigenvalue weighted by Crippen LogP contribution is -2.58. The Kier molecular flexibility index (Phi) is 4.13. The largest absolute Gasteiger partial charge is 0.369 e. The van der Waals surface area contributed by atoms with Crippen molar-refractivity contribution in [2.75, 3.05) is 10.2 Å². The lowest BCUT2D eigenvalue weighted by molar-refractivity contribution is -0.114. The molecule has 3 rings (SSSR count). The summed E-state index contributed by atoms with van der Waals surface area (Å²) < 4.78 is 13.9. The molecule has 1 heterocycles. The van der Waals surface area contributed by atoms with Gasteiger partial charge in [0.25, 0.3) is 0 Å². The molecule has 0 atom stereocenters. The van der Waals surface area contributed by atoms with Crippen LogP contribution in [-0.4, -0.2) is 23.5 Å². The molecule has 0 bridgehead atoms. The third kappa shape index (κ3) is 2.91. The molecule has 1 spiro atoms. The highest BCUT2D eigenvalue weighted by Crippen LogP contribution is 2.40. The van der Waals surface area contributed by atoms with Crippen LogP contribution in [0.1, 0.15) is 39.0 Å². The van der Waals surface area contributed by atoms with Crippen molar-refractivity contribution in [3.05, 3.63) is 24.0 Å². The Hall–Kier alpha value is -2.64. The summed E-state index contributed by atoms with van der Waals surface area (Å²) in [7, 11) is 0. The molecule has 1 fully saturated rings. The fraction of sp³-hybridized carbons (Fsp3) is 0.438. The van der Waals surface area contributed by atoms with Crippen LogP contribution >= 0.6 is 0 Å². The van der Waals surface area contributed by atoms with Crippen molar-refractivity contribution in [3.63, 3.8) is 0 Å².